The number of carboxylic acid groups (broad SMARTS) is 1. The summed E-state index contributed by atoms with van der Waals surface area (Å²) in [6.45, 7) is 4.01. The molecule has 1 rings (SSSR count). The highest BCUT2D eigenvalue weighted by molar-refractivity contribution is 7.98. The van der Waals surface area contributed by atoms with Crippen molar-refractivity contribution in [2.75, 3.05) is 19.1 Å². The standard InChI is InChI=1S/C14H26N2O3S/c1-10-6-5-7-14(8-10,12(17)18)15-13(19)16(3)11(2)9-20-4/h10-11H,5-9H2,1-4H3,(H,15,19)(H,17,18). The maximum atomic E-state index is 12.3. The zero-order valence-corrected chi connectivity index (χ0v) is 13.6. The summed E-state index contributed by atoms with van der Waals surface area (Å²) in [5, 5.41) is 12.3. The fourth-order valence-electron chi connectivity index (χ4n) is 2.76. The molecule has 0 spiro atoms. The Labute approximate surface area is 125 Å². The number of thioether (sulfide) groups is 1. The molecule has 0 saturated heterocycles. The van der Waals surface area contributed by atoms with Crippen LogP contribution in [0.5, 0.6) is 0 Å². The second-order valence-electron chi connectivity index (χ2n) is 5.93. The number of hydrogen-bond acceptors (Lipinski definition) is 3. The van der Waals surface area contributed by atoms with Crippen LogP contribution in [0.15, 0.2) is 0 Å². The van der Waals surface area contributed by atoms with Crippen molar-refractivity contribution >= 4 is 23.8 Å². The molecule has 20 heavy (non-hydrogen) atoms. The predicted octanol–water partition coefficient (Wildman–Crippen LogP) is 2.41. The number of amides is 2. The van der Waals surface area contributed by atoms with E-state index in [4.69, 9.17) is 0 Å². The lowest BCUT2D eigenvalue weighted by atomic mass is 9.76. The van der Waals surface area contributed by atoms with Crippen molar-refractivity contribution in [3.8, 4) is 0 Å². The first-order chi connectivity index (χ1) is 9.32. The molecule has 0 aromatic rings. The first kappa shape index (κ1) is 17.1. The van der Waals surface area contributed by atoms with Crippen LogP contribution in [0.1, 0.15) is 39.5 Å². The Morgan fingerprint density at radius 3 is 2.70 bits per heavy atom. The van der Waals surface area contributed by atoms with Gasteiger partial charge < -0.3 is 15.3 Å². The average Bonchev–Trinajstić information content (AvgIpc) is 2.37. The topological polar surface area (TPSA) is 69.6 Å². The Morgan fingerprint density at radius 1 is 1.55 bits per heavy atom. The fraction of sp³-hybridized carbons (Fsp3) is 0.857. The van der Waals surface area contributed by atoms with E-state index in [0.29, 0.717) is 18.8 Å². The predicted molar refractivity (Wildman–Crippen MR) is 82.1 cm³/mol. The van der Waals surface area contributed by atoms with Crippen LogP contribution in [0.4, 0.5) is 4.79 Å². The SMILES string of the molecule is CSCC(C)N(C)C(=O)NC1(C(=O)O)CCCC(C)C1. The van der Waals surface area contributed by atoms with Gasteiger partial charge in [0.25, 0.3) is 0 Å². The van der Waals surface area contributed by atoms with Gasteiger partial charge in [-0.2, -0.15) is 11.8 Å². The van der Waals surface area contributed by atoms with Gasteiger partial charge in [-0.3, -0.25) is 0 Å². The first-order valence-corrected chi connectivity index (χ1v) is 8.49. The van der Waals surface area contributed by atoms with Gasteiger partial charge in [-0.15, -0.1) is 0 Å². The number of rotatable bonds is 5. The Kier molecular flexibility index (Phi) is 6.17. The number of nitrogens with zero attached hydrogens (tertiary/aromatic N) is 1. The highest BCUT2D eigenvalue weighted by atomic mass is 32.2. The molecule has 2 N–H and O–H groups in total. The maximum Gasteiger partial charge on any atom is 0.329 e. The van der Waals surface area contributed by atoms with Crippen LogP contribution in [-0.2, 0) is 4.79 Å². The molecule has 1 aliphatic rings. The third-order valence-corrected chi connectivity index (χ3v) is 4.96. The van der Waals surface area contributed by atoms with Crippen molar-refractivity contribution < 1.29 is 14.7 Å². The lowest BCUT2D eigenvalue weighted by Crippen LogP contribution is -2.60. The number of carbonyl (C=O) groups is 2. The molecule has 0 aromatic carbocycles. The molecule has 0 radical (unpaired) electrons. The Bertz CT molecular complexity index is 364. The molecule has 0 bridgehead atoms. The number of urea groups is 1. The van der Waals surface area contributed by atoms with Gasteiger partial charge >= 0.3 is 12.0 Å². The molecule has 0 aromatic heterocycles. The maximum absolute atomic E-state index is 12.3. The van der Waals surface area contributed by atoms with Gasteiger partial charge in [0, 0.05) is 18.8 Å². The van der Waals surface area contributed by atoms with Gasteiger partial charge in [0.05, 0.1) is 0 Å². The minimum absolute atomic E-state index is 0.0804. The molecular formula is C14H26N2O3S. The van der Waals surface area contributed by atoms with Gasteiger partial charge in [0.2, 0.25) is 0 Å². The average molecular weight is 302 g/mol. The van der Waals surface area contributed by atoms with E-state index in [1.807, 2.05) is 20.1 Å². The van der Waals surface area contributed by atoms with Crippen molar-refractivity contribution in [3.63, 3.8) is 0 Å². The number of nitrogens with one attached hydrogen (secondary N) is 1. The summed E-state index contributed by atoms with van der Waals surface area (Å²) in [7, 11) is 1.72. The molecule has 116 valence electrons. The molecule has 3 unspecified atom stereocenters. The van der Waals surface area contributed by atoms with Crippen LogP contribution >= 0.6 is 11.8 Å². The van der Waals surface area contributed by atoms with E-state index in [-0.39, 0.29) is 12.1 Å². The van der Waals surface area contributed by atoms with Gasteiger partial charge in [0.1, 0.15) is 5.54 Å². The number of carbonyl (C=O) groups excluding carboxylic acids is 1. The summed E-state index contributed by atoms with van der Waals surface area (Å²) >= 11 is 1.67. The Balaban J connectivity index is 2.75. The lowest BCUT2D eigenvalue weighted by molar-refractivity contribution is -0.146. The zero-order valence-electron chi connectivity index (χ0n) is 12.8. The van der Waals surface area contributed by atoms with E-state index in [0.717, 1.165) is 18.6 Å². The van der Waals surface area contributed by atoms with Gasteiger partial charge in [-0.1, -0.05) is 19.8 Å². The second-order valence-corrected chi connectivity index (χ2v) is 6.84. The number of carboxylic acids is 1. The third-order valence-electron chi connectivity index (χ3n) is 4.14. The molecule has 1 aliphatic carbocycles. The second kappa shape index (κ2) is 7.20. The quantitative estimate of drug-likeness (QED) is 0.818. The van der Waals surface area contributed by atoms with E-state index < -0.39 is 11.5 Å². The van der Waals surface area contributed by atoms with E-state index in [9.17, 15) is 14.7 Å². The Hall–Kier alpha value is -0.910. The molecular weight excluding hydrogens is 276 g/mol. The molecule has 1 saturated carbocycles. The minimum atomic E-state index is -1.10. The van der Waals surface area contributed by atoms with Crippen molar-refractivity contribution in [2.24, 2.45) is 5.92 Å². The highest BCUT2D eigenvalue weighted by Gasteiger charge is 2.43. The van der Waals surface area contributed by atoms with Crippen molar-refractivity contribution in [1.29, 1.82) is 0 Å². The summed E-state index contributed by atoms with van der Waals surface area (Å²) < 4.78 is 0. The van der Waals surface area contributed by atoms with Crippen LogP contribution in [0.25, 0.3) is 0 Å². The molecule has 3 atom stereocenters. The van der Waals surface area contributed by atoms with E-state index in [1.54, 1.807) is 23.7 Å². The van der Waals surface area contributed by atoms with Crippen LogP contribution in [-0.4, -0.2) is 52.6 Å². The molecule has 2 amide bonds. The van der Waals surface area contributed by atoms with Gasteiger partial charge in [-0.25, -0.2) is 9.59 Å². The van der Waals surface area contributed by atoms with Gasteiger partial charge in [0.15, 0.2) is 0 Å². The molecule has 0 heterocycles. The monoisotopic (exact) mass is 302 g/mol. The molecule has 0 aliphatic heterocycles. The first-order valence-electron chi connectivity index (χ1n) is 7.09. The van der Waals surface area contributed by atoms with Crippen molar-refractivity contribution in [1.82, 2.24) is 10.2 Å². The zero-order chi connectivity index (χ0) is 15.3. The Morgan fingerprint density at radius 2 is 2.20 bits per heavy atom. The summed E-state index contributed by atoms with van der Waals surface area (Å²) in [5.74, 6) is 0.248. The summed E-state index contributed by atoms with van der Waals surface area (Å²) in [6.07, 6.45) is 4.90. The number of hydrogen-bond donors (Lipinski definition) is 2. The third kappa shape index (κ3) is 4.04. The van der Waals surface area contributed by atoms with E-state index in [2.05, 4.69) is 5.32 Å². The molecule has 5 nitrogen and oxygen atoms in total. The van der Waals surface area contributed by atoms with E-state index >= 15 is 0 Å². The summed E-state index contributed by atoms with van der Waals surface area (Å²) in [6, 6.07) is -0.208. The van der Waals surface area contributed by atoms with Gasteiger partial charge in [-0.05, 0) is 31.9 Å². The van der Waals surface area contributed by atoms with Crippen LogP contribution in [0.2, 0.25) is 0 Å². The normalized spacial score (nSPS) is 27.7. The van der Waals surface area contributed by atoms with E-state index in [1.165, 1.54) is 0 Å². The van der Waals surface area contributed by atoms with Crippen LogP contribution < -0.4 is 5.32 Å². The summed E-state index contributed by atoms with van der Waals surface area (Å²) in [5.41, 5.74) is -1.10. The van der Waals surface area contributed by atoms with Crippen LogP contribution in [0, 0.1) is 5.92 Å². The molecule has 1 fully saturated rings. The summed E-state index contributed by atoms with van der Waals surface area (Å²) in [4.78, 5) is 25.5. The smallest absolute Gasteiger partial charge is 0.329 e. The van der Waals surface area contributed by atoms with Crippen molar-refractivity contribution in [3.05, 3.63) is 0 Å². The highest BCUT2D eigenvalue weighted by Crippen LogP contribution is 2.32. The lowest BCUT2D eigenvalue weighted by Gasteiger charge is -2.38. The molecule has 6 heteroatoms. The van der Waals surface area contributed by atoms with Crippen LogP contribution in [0.3, 0.4) is 0 Å². The van der Waals surface area contributed by atoms with Crippen molar-refractivity contribution in [2.45, 2.75) is 51.1 Å². The number of aliphatic carboxylic acids is 1. The fourth-order valence-corrected chi connectivity index (χ4v) is 3.46. The minimum Gasteiger partial charge on any atom is -0.480 e. The largest absolute Gasteiger partial charge is 0.480 e.